The van der Waals surface area contributed by atoms with Gasteiger partial charge < -0.3 is 27.1 Å². The minimum Gasteiger partial charge on any atom is -1.00 e. The second kappa shape index (κ2) is 8.34. The molecule has 0 spiro atoms. The van der Waals surface area contributed by atoms with Gasteiger partial charge in [-0.25, -0.2) is 0 Å². The molecule has 4 heteroatoms. The first-order valence-electron chi connectivity index (χ1n) is 5.53. The third-order valence-electron chi connectivity index (χ3n) is 2.28. The summed E-state index contributed by atoms with van der Waals surface area (Å²) in [5, 5.41) is 19.3. The minimum atomic E-state index is -0.591. The smallest absolute Gasteiger partial charge is 0.129 e. The molecule has 0 aromatic heterocycles. The van der Waals surface area contributed by atoms with Crippen molar-refractivity contribution in [3.8, 4) is 0 Å². The molecule has 0 rings (SSSR count). The molecule has 0 aromatic rings. The van der Waals surface area contributed by atoms with Crippen LogP contribution in [-0.4, -0.2) is 54.6 Å². The van der Waals surface area contributed by atoms with Gasteiger partial charge in [0.15, 0.2) is 0 Å². The van der Waals surface area contributed by atoms with Crippen LogP contribution in [0.2, 0.25) is 0 Å². The van der Waals surface area contributed by atoms with Crippen LogP contribution < -0.4 is 12.4 Å². The summed E-state index contributed by atoms with van der Waals surface area (Å²) in [6, 6.07) is 0. The minimum absolute atomic E-state index is 0. The molecule has 0 heterocycles. The van der Waals surface area contributed by atoms with Gasteiger partial charge in [-0.05, 0) is 6.42 Å². The third-order valence-corrected chi connectivity index (χ3v) is 2.28. The van der Waals surface area contributed by atoms with Crippen molar-refractivity contribution in [3.05, 3.63) is 0 Å². The van der Waals surface area contributed by atoms with Gasteiger partial charge in [0, 0.05) is 0 Å². The summed E-state index contributed by atoms with van der Waals surface area (Å²) in [5.41, 5.74) is 0. The third kappa shape index (κ3) is 10.5. The van der Waals surface area contributed by atoms with E-state index in [0.717, 1.165) is 25.7 Å². The molecule has 0 radical (unpaired) electrons. The summed E-state index contributed by atoms with van der Waals surface area (Å²) in [5.74, 6) is 0. The van der Waals surface area contributed by atoms with E-state index in [1.165, 1.54) is 0 Å². The Bertz CT molecular complexity index is 148. The number of aliphatic hydroxyl groups is 2. The normalized spacial score (nSPS) is 15.6. The van der Waals surface area contributed by atoms with Crippen LogP contribution in [0.5, 0.6) is 0 Å². The fraction of sp³-hybridized carbons (Fsp3) is 1.00. The maximum Gasteiger partial charge on any atom is 0.129 e. The molecule has 0 amide bonds. The molecule has 0 saturated carbocycles. The second-order valence-corrected chi connectivity index (χ2v) is 5.10. The van der Waals surface area contributed by atoms with E-state index in [0.29, 0.717) is 11.0 Å². The summed E-state index contributed by atoms with van der Waals surface area (Å²) in [6.45, 7) is 2.74. The first-order chi connectivity index (χ1) is 6.37. The number of halogens is 1. The fourth-order valence-corrected chi connectivity index (χ4v) is 1.48. The molecule has 2 N–H and O–H groups in total. The van der Waals surface area contributed by atoms with Crippen molar-refractivity contribution in [2.75, 3.05) is 27.7 Å². The van der Waals surface area contributed by atoms with Gasteiger partial charge in [0.25, 0.3) is 0 Å². The van der Waals surface area contributed by atoms with Gasteiger partial charge >= 0.3 is 0 Å². The summed E-state index contributed by atoms with van der Waals surface area (Å²) in [7, 11) is 6.05. The average Bonchev–Trinajstić information content (AvgIpc) is 2.01. The van der Waals surface area contributed by atoms with Gasteiger partial charge in [0.1, 0.15) is 12.6 Å². The number of nitrogens with zero attached hydrogens (tertiary/aromatic N) is 1. The summed E-state index contributed by atoms with van der Waals surface area (Å²) < 4.78 is 0.687. The van der Waals surface area contributed by atoms with Crippen molar-refractivity contribution in [1.82, 2.24) is 0 Å². The molecule has 0 saturated heterocycles. The van der Waals surface area contributed by atoms with Crippen molar-refractivity contribution in [3.63, 3.8) is 0 Å². The lowest BCUT2D eigenvalue weighted by molar-refractivity contribution is -0.874. The van der Waals surface area contributed by atoms with E-state index in [9.17, 15) is 10.2 Å². The molecule has 0 aliphatic rings. The van der Waals surface area contributed by atoms with Crippen molar-refractivity contribution in [2.24, 2.45) is 0 Å². The van der Waals surface area contributed by atoms with Crippen LogP contribution in [0.3, 0.4) is 0 Å². The van der Waals surface area contributed by atoms with E-state index in [1.54, 1.807) is 0 Å². The van der Waals surface area contributed by atoms with Crippen LogP contribution in [0.1, 0.15) is 32.6 Å². The molecule has 0 aliphatic carbocycles. The number of hydrogen-bond donors (Lipinski definition) is 2. The van der Waals surface area contributed by atoms with Gasteiger partial charge in [0.05, 0.1) is 27.2 Å². The highest BCUT2D eigenvalue weighted by molar-refractivity contribution is 4.66. The molecular weight excluding hydrogens is 214 g/mol. The first-order valence-corrected chi connectivity index (χ1v) is 5.53. The largest absolute Gasteiger partial charge is 1.00 e. The van der Waals surface area contributed by atoms with Crippen molar-refractivity contribution >= 4 is 0 Å². The Kier molecular flexibility index (Phi) is 9.76. The Morgan fingerprint density at radius 3 is 1.93 bits per heavy atom. The maximum atomic E-state index is 9.69. The van der Waals surface area contributed by atoms with E-state index >= 15 is 0 Å². The predicted molar refractivity (Wildman–Crippen MR) is 59.1 cm³/mol. The Hall–Kier alpha value is 0.170. The number of likely N-dealkylation sites (N-methyl/N-ethyl adjacent to an activating group) is 1. The second-order valence-electron chi connectivity index (χ2n) is 5.10. The van der Waals surface area contributed by atoms with E-state index < -0.39 is 12.2 Å². The van der Waals surface area contributed by atoms with Crippen LogP contribution in [0.4, 0.5) is 0 Å². The number of rotatable bonds is 7. The Morgan fingerprint density at radius 1 is 1.00 bits per heavy atom. The molecule has 2 unspecified atom stereocenters. The zero-order valence-electron chi connectivity index (χ0n) is 10.4. The Balaban J connectivity index is 0. The molecule has 94 valence electrons. The van der Waals surface area contributed by atoms with E-state index in [1.807, 2.05) is 21.1 Å². The van der Waals surface area contributed by atoms with Crippen LogP contribution in [-0.2, 0) is 0 Å². The highest BCUT2D eigenvalue weighted by Gasteiger charge is 2.22. The standard InChI is InChI=1S/C11H26NO2.ClH/c1-5-6-7-8-10(13)11(14)9-12(2,3)4;/h10-11,13-14H,5-9H2,1-4H3;1H/q+1;/p-1. The molecule has 0 aliphatic heterocycles. The zero-order chi connectivity index (χ0) is 11.2. The quantitative estimate of drug-likeness (QED) is 0.399. The number of hydrogen-bond acceptors (Lipinski definition) is 2. The van der Waals surface area contributed by atoms with Gasteiger partial charge in [-0.2, -0.15) is 0 Å². The van der Waals surface area contributed by atoms with Gasteiger partial charge in [0.2, 0.25) is 0 Å². The molecule has 0 aromatic carbocycles. The van der Waals surface area contributed by atoms with Crippen molar-refractivity contribution < 1.29 is 27.1 Å². The lowest BCUT2D eigenvalue weighted by Gasteiger charge is -2.28. The SMILES string of the molecule is CCCCCC(O)C(O)C[N+](C)(C)C.[Cl-]. The fourth-order valence-electron chi connectivity index (χ4n) is 1.48. The summed E-state index contributed by atoms with van der Waals surface area (Å²) in [6.07, 6.45) is 2.86. The molecular formula is C11H26ClNO2. The highest BCUT2D eigenvalue weighted by atomic mass is 35.5. The van der Waals surface area contributed by atoms with Crippen LogP contribution in [0, 0.1) is 0 Å². The van der Waals surface area contributed by atoms with E-state index in [2.05, 4.69) is 6.92 Å². The summed E-state index contributed by atoms with van der Waals surface area (Å²) >= 11 is 0. The highest BCUT2D eigenvalue weighted by Crippen LogP contribution is 2.08. The molecule has 0 fully saturated rings. The van der Waals surface area contributed by atoms with E-state index in [-0.39, 0.29) is 12.4 Å². The molecule has 0 bridgehead atoms. The number of unbranched alkanes of at least 4 members (excludes halogenated alkanes) is 2. The first kappa shape index (κ1) is 17.6. The Morgan fingerprint density at radius 2 is 1.53 bits per heavy atom. The maximum absolute atomic E-state index is 9.69. The average molecular weight is 240 g/mol. The summed E-state index contributed by atoms with van der Waals surface area (Å²) in [4.78, 5) is 0. The van der Waals surface area contributed by atoms with Gasteiger partial charge in [-0.15, -0.1) is 0 Å². The monoisotopic (exact) mass is 239 g/mol. The predicted octanol–water partition coefficient (Wildman–Crippen LogP) is -2.00. The van der Waals surface area contributed by atoms with Crippen LogP contribution in [0.15, 0.2) is 0 Å². The van der Waals surface area contributed by atoms with Gasteiger partial charge in [-0.3, -0.25) is 0 Å². The van der Waals surface area contributed by atoms with Gasteiger partial charge in [-0.1, -0.05) is 26.2 Å². The Labute approximate surface area is 100 Å². The lowest BCUT2D eigenvalue weighted by atomic mass is 10.1. The number of quaternary nitrogens is 1. The van der Waals surface area contributed by atoms with E-state index in [4.69, 9.17) is 0 Å². The van der Waals surface area contributed by atoms with Crippen LogP contribution in [0.25, 0.3) is 0 Å². The zero-order valence-corrected chi connectivity index (χ0v) is 11.2. The van der Waals surface area contributed by atoms with Crippen molar-refractivity contribution in [2.45, 2.75) is 44.8 Å². The lowest BCUT2D eigenvalue weighted by Crippen LogP contribution is -3.00. The molecule has 3 nitrogen and oxygen atoms in total. The molecule has 15 heavy (non-hydrogen) atoms. The topological polar surface area (TPSA) is 40.5 Å². The number of aliphatic hydroxyl groups excluding tert-OH is 2. The molecule has 2 atom stereocenters. The van der Waals surface area contributed by atoms with Crippen LogP contribution >= 0.6 is 0 Å². The van der Waals surface area contributed by atoms with Crippen molar-refractivity contribution in [1.29, 1.82) is 0 Å².